The Morgan fingerprint density at radius 2 is 1.88 bits per heavy atom. The highest BCUT2D eigenvalue weighted by Gasteiger charge is 2.24. The lowest BCUT2D eigenvalue weighted by Crippen LogP contribution is -2.39. The van der Waals surface area contributed by atoms with Gasteiger partial charge < -0.3 is 20.3 Å². The summed E-state index contributed by atoms with van der Waals surface area (Å²) in [5.74, 6) is 2.39. The van der Waals surface area contributed by atoms with Crippen molar-refractivity contribution >= 4 is 11.6 Å². The molecule has 0 aliphatic carbocycles. The zero-order valence-electron chi connectivity index (χ0n) is 15.6. The number of guanidine groups is 1. The van der Waals surface area contributed by atoms with Gasteiger partial charge in [0.15, 0.2) is 5.96 Å². The van der Waals surface area contributed by atoms with Crippen molar-refractivity contribution in [1.29, 1.82) is 0 Å². The van der Waals surface area contributed by atoms with Crippen LogP contribution in [0.25, 0.3) is 0 Å². The van der Waals surface area contributed by atoms with E-state index in [0.717, 1.165) is 37.9 Å². The Morgan fingerprint density at radius 1 is 1.12 bits per heavy atom. The molecule has 2 aromatic carbocycles. The van der Waals surface area contributed by atoms with Gasteiger partial charge in [0.05, 0.1) is 12.8 Å². The van der Waals surface area contributed by atoms with Gasteiger partial charge in [-0.05, 0) is 30.0 Å². The molecule has 0 radical (unpaired) electrons. The molecular formula is C21H28N4O. The van der Waals surface area contributed by atoms with E-state index in [4.69, 9.17) is 4.74 Å². The van der Waals surface area contributed by atoms with Crippen molar-refractivity contribution in [3.63, 3.8) is 0 Å². The Morgan fingerprint density at radius 3 is 2.65 bits per heavy atom. The molecule has 0 bridgehead atoms. The van der Waals surface area contributed by atoms with Crippen molar-refractivity contribution < 1.29 is 4.74 Å². The maximum Gasteiger partial charge on any atom is 0.191 e. The van der Waals surface area contributed by atoms with E-state index in [1.807, 2.05) is 25.2 Å². The molecule has 5 nitrogen and oxygen atoms in total. The van der Waals surface area contributed by atoms with Crippen molar-refractivity contribution in [2.24, 2.45) is 10.9 Å². The molecule has 1 aliphatic rings. The third-order valence-corrected chi connectivity index (χ3v) is 4.80. The Bertz CT molecular complexity index is 717. The zero-order valence-corrected chi connectivity index (χ0v) is 15.6. The minimum absolute atomic E-state index is 0.593. The number of hydrogen-bond acceptors (Lipinski definition) is 3. The van der Waals surface area contributed by atoms with E-state index < -0.39 is 0 Å². The quantitative estimate of drug-likeness (QED) is 0.620. The lowest BCUT2D eigenvalue weighted by Gasteiger charge is -2.21. The molecule has 1 heterocycles. The molecule has 3 rings (SSSR count). The number of hydrogen-bond donors (Lipinski definition) is 2. The van der Waals surface area contributed by atoms with Crippen molar-refractivity contribution in [3.8, 4) is 5.75 Å². The van der Waals surface area contributed by atoms with Gasteiger partial charge in [-0.2, -0.15) is 0 Å². The van der Waals surface area contributed by atoms with Gasteiger partial charge in [0, 0.05) is 33.2 Å². The lowest BCUT2D eigenvalue weighted by atomic mass is 10.1. The average Bonchev–Trinajstić information content (AvgIpc) is 3.17. The van der Waals surface area contributed by atoms with Gasteiger partial charge in [0.1, 0.15) is 5.75 Å². The van der Waals surface area contributed by atoms with Crippen LogP contribution < -0.4 is 20.3 Å². The molecule has 1 unspecified atom stereocenters. The molecule has 1 saturated heterocycles. The van der Waals surface area contributed by atoms with E-state index in [1.165, 1.54) is 17.7 Å². The second-order valence-corrected chi connectivity index (χ2v) is 6.56. The van der Waals surface area contributed by atoms with E-state index in [0.29, 0.717) is 5.92 Å². The number of benzene rings is 2. The number of methoxy groups -OCH3 is 1. The van der Waals surface area contributed by atoms with Crippen molar-refractivity contribution in [1.82, 2.24) is 10.6 Å². The summed E-state index contributed by atoms with van der Waals surface area (Å²) in [5.41, 5.74) is 2.43. The molecule has 1 aliphatic heterocycles. The van der Waals surface area contributed by atoms with Gasteiger partial charge in [0.2, 0.25) is 0 Å². The summed E-state index contributed by atoms with van der Waals surface area (Å²) in [5, 5.41) is 6.84. The third-order valence-electron chi connectivity index (χ3n) is 4.80. The SMILES string of the molecule is CN=C(NCc1ccccc1)NCC1CCN(c2ccccc2OC)C1. The van der Waals surface area contributed by atoms with Crippen LogP contribution in [0.3, 0.4) is 0 Å². The first-order valence-electron chi connectivity index (χ1n) is 9.16. The number of aliphatic imine (C=N–C) groups is 1. The minimum Gasteiger partial charge on any atom is -0.495 e. The fourth-order valence-electron chi connectivity index (χ4n) is 3.35. The fraction of sp³-hybridized carbons (Fsp3) is 0.381. The monoisotopic (exact) mass is 352 g/mol. The minimum atomic E-state index is 0.593. The van der Waals surface area contributed by atoms with Crippen LogP contribution >= 0.6 is 0 Å². The number of anilines is 1. The molecule has 138 valence electrons. The first-order chi connectivity index (χ1) is 12.8. The van der Waals surface area contributed by atoms with E-state index in [1.54, 1.807) is 7.11 Å². The summed E-state index contributed by atoms with van der Waals surface area (Å²) >= 11 is 0. The van der Waals surface area contributed by atoms with Gasteiger partial charge >= 0.3 is 0 Å². The fourth-order valence-corrected chi connectivity index (χ4v) is 3.35. The van der Waals surface area contributed by atoms with Gasteiger partial charge in [-0.3, -0.25) is 4.99 Å². The first-order valence-corrected chi connectivity index (χ1v) is 9.16. The summed E-state index contributed by atoms with van der Waals surface area (Å²) in [6.45, 7) is 3.78. The van der Waals surface area contributed by atoms with E-state index in [-0.39, 0.29) is 0 Å². The standard InChI is InChI=1S/C21H28N4O/c1-22-21(23-14-17-8-4-3-5-9-17)24-15-18-12-13-25(16-18)19-10-6-7-11-20(19)26-2/h3-11,18H,12-16H2,1-2H3,(H2,22,23,24). The molecule has 0 amide bonds. The molecule has 0 spiro atoms. The van der Waals surface area contributed by atoms with Crippen LogP contribution in [0.4, 0.5) is 5.69 Å². The highest BCUT2D eigenvalue weighted by Crippen LogP contribution is 2.31. The van der Waals surface area contributed by atoms with Crippen LogP contribution in [0.1, 0.15) is 12.0 Å². The topological polar surface area (TPSA) is 48.9 Å². The van der Waals surface area contributed by atoms with Crippen molar-refractivity contribution in [2.75, 3.05) is 38.7 Å². The van der Waals surface area contributed by atoms with Crippen LogP contribution in [0.15, 0.2) is 59.6 Å². The lowest BCUT2D eigenvalue weighted by molar-refractivity contribution is 0.414. The molecule has 2 N–H and O–H groups in total. The molecule has 5 heteroatoms. The van der Waals surface area contributed by atoms with E-state index >= 15 is 0 Å². The maximum absolute atomic E-state index is 5.50. The molecule has 0 saturated carbocycles. The van der Waals surface area contributed by atoms with Crippen LogP contribution in [0.2, 0.25) is 0 Å². The Labute approximate surface area is 156 Å². The normalized spacial score (nSPS) is 17.2. The Kier molecular flexibility index (Phi) is 6.36. The smallest absolute Gasteiger partial charge is 0.191 e. The van der Waals surface area contributed by atoms with Gasteiger partial charge in [-0.15, -0.1) is 0 Å². The summed E-state index contributed by atoms with van der Waals surface area (Å²) in [6, 6.07) is 18.6. The van der Waals surface area contributed by atoms with Gasteiger partial charge in [0.25, 0.3) is 0 Å². The Hall–Kier alpha value is -2.69. The summed E-state index contributed by atoms with van der Waals surface area (Å²) in [7, 11) is 3.55. The van der Waals surface area contributed by atoms with Gasteiger partial charge in [-0.25, -0.2) is 0 Å². The summed E-state index contributed by atoms with van der Waals surface area (Å²) in [6.07, 6.45) is 1.17. The van der Waals surface area contributed by atoms with Crippen LogP contribution in [0.5, 0.6) is 5.75 Å². The largest absolute Gasteiger partial charge is 0.495 e. The molecule has 1 fully saturated rings. The van der Waals surface area contributed by atoms with Crippen molar-refractivity contribution in [2.45, 2.75) is 13.0 Å². The average molecular weight is 352 g/mol. The maximum atomic E-state index is 5.50. The molecule has 26 heavy (non-hydrogen) atoms. The van der Waals surface area contributed by atoms with Crippen LogP contribution in [0, 0.1) is 5.92 Å². The number of nitrogens with one attached hydrogen (secondary N) is 2. The number of para-hydroxylation sites is 2. The summed E-state index contributed by atoms with van der Waals surface area (Å²) < 4.78 is 5.50. The number of rotatable bonds is 6. The van der Waals surface area contributed by atoms with Crippen molar-refractivity contribution in [3.05, 3.63) is 60.2 Å². The zero-order chi connectivity index (χ0) is 18.2. The summed E-state index contributed by atoms with van der Waals surface area (Å²) in [4.78, 5) is 6.74. The molecular weight excluding hydrogens is 324 g/mol. The number of ether oxygens (including phenoxy) is 1. The molecule has 0 aromatic heterocycles. The highest BCUT2D eigenvalue weighted by molar-refractivity contribution is 5.79. The predicted molar refractivity (Wildman–Crippen MR) is 108 cm³/mol. The molecule has 2 aromatic rings. The second-order valence-electron chi connectivity index (χ2n) is 6.56. The van der Waals surface area contributed by atoms with E-state index in [2.05, 4.69) is 56.9 Å². The highest BCUT2D eigenvalue weighted by atomic mass is 16.5. The van der Waals surface area contributed by atoms with Crippen LogP contribution in [-0.4, -0.2) is 39.8 Å². The second kappa shape index (κ2) is 9.13. The van der Waals surface area contributed by atoms with Gasteiger partial charge in [-0.1, -0.05) is 42.5 Å². The third kappa shape index (κ3) is 4.69. The first kappa shape index (κ1) is 18.1. The number of nitrogens with zero attached hydrogens (tertiary/aromatic N) is 2. The van der Waals surface area contributed by atoms with Crippen LogP contribution in [-0.2, 0) is 6.54 Å². The predicted octanol–water partition coefficient (Wildman–Crippen LogP) is 2.89. The Balaban J connectivity index is 1.47. The van der Waals surface area contributed by atoms with E-state index in [9.17, 15) is 0 Å². The molecule has 1 atom stereocenters.